The van der Waals surface area contributed by atoms with Crippen molar-refractivity contribution < 1.29 is 0 Å². The summed E-state index contributed by atoms with van der Waals surface area (Å²) in [6, 6.07) is 67.2. The van der Waals surface area contributed by atoms with E-state index in [1.54, 1.807) is 0 Å². The zero-order chi connectivity index (χ0) is 33.3. The first-order valence-corrected chi connectivity index (χ1v) is 17.2. The second-order valence-electron chi connectivity index (χ2n) is 12.8. The molecule has 1 aliphatic rings. The summed E-state index contributed by atoms with van der Waals surface area (Å²) < 4.78 is 0. The zero-order valence-corrected chi connectivity index (χ0v) is 27.5. The van der Waals surface area contributed by atoms with Crippen molar-refractivity contribution in [2.45, 2.75) is 6.04 Å². The Morgan fingerprint density at radius 3 is 1.48 bits per heavy atom. The minimum atomic E-state index is 0.00125. The molecule has 0 bridgehead atoms. The molecule has 0 fully saturated rings. The number of nitrogens with one attached hydrogen (secondary N) is 1. The fraction of sp³-hybridized carbons (Fsp3) is 0.0208. The Morgan fingerprint density at radius 1 is 0.360 bits per heavy atom. The Balaban J connectivity index is 1.23. The Kier molecular flexibility index (Phi) is 7.60. The van der Waals surface area contributed by atoms with Gasteiger partial charge in [-0.15, -0.1) is 0 Å². The van der Waals surface area contributed by atoms with Crippen molar-refractivity contribution in [2.24, 2.45) is 4.99 Å². The average Bonchev–Trinajstić information content (AvgIpc) is 3.21. The quantitative estimate of drug-likeness (QED) is 0.180. The fourth-order valence-corrected chi connectivity index (χ4v) is 7.33. The van der Waals surface area contributed by atoms with Crippen LogP contribution in [0.25, 0.3) is 60.6 Å². The van der Waals surface area contributed by atoms with E-state index in [4.69, 9.17) is 4.99 Å². The third-order valence-corrected chi connectivity index (χ3v) is 9.70. The van der Waals surface area contributed by atoms with Gasteiger partial charge in [0.05, 0.1) is 11.7 Å². The average molecular weight is 639 g/mol. The molecule has 0 spiro atoms. The van der Waals surface area contributed by atoms with E-state index in [2.05, 4.69) is 193 Å². The molecule has 1 atom stereocenters. The van der Waals surface area contributed by atoms with Gasteiger partial charge in [-0.3, -0.25) is 0 Å². The van der Waals surface area contributed by atoms with E-state index in [1.165, 1.54) is 54.9 Å². The number of hydrogen-bond donors (Lipinski definition) is 1. The summed E-state index contributed by atoms with van der Waals surface area (Å²) in [4.78, 5) is 5.18. The van der Waals surface area contributed by atoms with E-state index < -0.39 is 0 Å². The van der Waals surface area contributed by atoms with Crippen LogP contribution in [0.15, 0.2) is 199 Å². The van der Waals surface area contributed by atoms with E-state index >= 15 is 0 Å². The predicted octanol–water partition coefficient (Wildman–Crippen LogP) is 12.1. The molecule has 1 heterocycles. The van der Waals surface area contributed by atoms with Gasteiger partial charge in [-0.1, -0.05) is 176 Å². The molecule has 8 aromatic rings. The van der Waals surface area contributed by atoms with Gasteiger partial charge in [0.1, 0.15) is 5.84 Å². The third-order valence-electron chi connectivity index (χ3n) is 9.70. The first-order valence-electron chi connectivity index (χ1n) is 17.2. The van der Waals surface area contributed by atoms with Gasteiger partial charge >= 0.3 is 0 Å². The van der Waals surface area contributed by atoms with E-state index in [0.29, 0.717) is 0 Å². The molecule has 236 valence electrons. The molecule has 2 nitrogen and oxygen atoms in total. The maximum atomic E-state index is 5.18. The number of nitrogens with zero attached hydrogens (tertiary/aromatic N) is 1. The highest BCUT2D eigenvalue weighted by Gasteiger charge is 2.21. The van der Waals surface area contributed by atoms with Crippen LogP contribution >= 0.6 is 0 Å². The second-order valence-corrected chi connectivity index (χ2v) is 12.8. The Labute approximate surface area is 292 Å². The van der Waals surface area contributed by atoms with E-state index in [-0.39, 0.29) is 6.04 Å². The number of hydrogen-bond acceptors (Lipinski definition) is 2. The standard InChI is InChI=1S/C48H34N2/c1-5-16-33(17-6-1)44-32-45(50-48(49-44)36-22-11-4-12-23-36)39-25-15-24-37(30-39)38-28-29-42-43(31-38)47(35-20-9-3-10-21-35)41-27-14-13-26-40(41)46(42)34-18-7-2-8-19-34/h1-32,44H,(H,49,50). The highest BCUT2D eigenvalue weighted by atomic mass is 15.0. The summed E-state index contributed by atoms with van der Waals surface area (Å²) in [7, 11) is 0. The molecule has 1 N–H and O–H groups in total. The van der Waals surface area contributed by atoms with Gasteiger partial charge < -0.3 is 5.32 Å². The van der Waals surface area contributed by atoms with Crippen molar-refractivity contribution in [1.29, 1.82) is 0 Å². The molecule has 0 aliphatic carbocycles. The number of benzene rings is 8. The molecule has 9 rings (SSSR count). The highest BCUT2D eigenvalue weighted by Crippen LogP contribution is 2.45. The number of rotatable bonds is 6. The van der Waals surface area contributed by atoms with Crippen LogP contribution in [0.1, 0.15) is 22.7 Å². The van der Waals surface area contributed by atoms with Gasteiger partial charge in [0.2, 0.25) is 0 Å². The molecule has 2 heteroatoms. The van der Waals surface area contributed by atoms with E-state index in [1.807, 2.05) is 6.07 Å². The number of fused-ring (bicyclic) bond motifs is 2. The van der Waals surface area contributed by atoms with Crippen LogP contribution in [0.2, 0.25) is 0 Å². The van der Waals surface area contributed by atoms with Crippen molar-refractivity contribution in [3.63, 3.8) is 0 Å². The molecule has 50 heavy (non-hydrogen) atoms. The normalized spacial score (nSPS) is 14.2. The molecule has 8 aromatic carbocycles. The summed E-state index contributed by atoms with van der Waals surface area (Å²) in [5, 5.41) is 8.69. The Bertz CT molecular complexity index is 2530. The Hall–Kier alpha value is -6.51. The molecule has 0 saturated heterocycles. The van der Waals surface area contributed by atoms with Crippen LogP contribution < -0.4 is 5.32 Å². The van der Waals surface area contributed by atoms with Gasteiger partial charge in [-0.2, -0.15) is 0 Å². The summed E-state index contributed by atoms with van der Waals surface area (Å²) in [6.45, 7) is 0. The largest absolute Gasteiger partial charge is 0.359 e. The number of amidine groups is 1. The molecular weight excluding hydrogens is 605 g/mol. The highest BCUT2D eigenvalue weighted by molar-refractivity contribution is 6.22. The fourth-order valence-electron chi connectivity index (χ4n) is 7.33. The maximum absolute atomic E-state index is 5.18. The zero-order valence-electron chi connectivity index (χ0n) is 27.5. The molecular formula is C48H34N2. The van der Waals surface area contributed by atoms with Crippen LogP contribution in [-0.2, 0) is 0 Å². The lowest BCUT2D eigenvalue weighted by Gasteiger charge is -2.24. The van der Waals surface area contributed by atoms with Crippen LogP contribution in [0.5, 0.6) is 0 Å². The summed E-state index contributed by atoms with van der Waals surface area (Å²) in [6.07, 6.45) is 2.24. The monoisotopic (exact) mass is 638 g/mol. The van der Waals surface area contributed by atoms with Crippen molar-refractivity contribution in [3.05, 3.63) is 211 Å². The topological polar surface area (TPSA) is 24.4 Å². The smallest absolute Gasteiger partial charge is 0.134 e. The Morgan fingerprint density at radius 2 is 0.840 bits per heavy atom. The van der Waals surface area contributed by atoms with Crippen molar-refractivity contribution in [1.82, 2.24) is 5.32 Å². The lowest BCUT2D eigenvalue weighted by atomic mass is 9.85. The van der Waals surface area contributed by atoms with Crippen molar-refractivity contribution in [2.75, 3.05) is 0 Å². The minimum absolute atomic E-state index is 0.00125. The third kappa shape index (κ3) is 5.47. The second kappa shape index (κ2) is 12.8. The van der Waals surface area contributed by atoms with Crippen molar-refractivity contribution >= 4 is 33.1 Å². The summed E-state index contributed by atoms with van der Waals surface area (Å²) in [5.74, 6) is 0.876. The van der Waals surface area contributed by atoms with E-state index in [9.17, 15) is 0 Å². The minimum Gasteiger partial charge on any atom is -0.359 e. The van der Waals surface area contributed by atoms with E-state index in [0.717, 1.165) is 28.2 Å². The van der Waals surface area contributed by atoms with Crippen molar-refractivity contribution in [3.8, 4) is 33.4 Å². The molecule has 1 aliphatic heterocycles. The first-order chi connectivity index (χ1) is 24.8. The van der Waals surface area contributed by atoms with Crippen LogP contribution in [0.4, 0.5) is 0 Å². The predicted molar refractivity (Wildman–Crippen MR) is 211 cm³/mol. The maximum Gasteiger partial charge on any atom is 0.134 e. The van der Waals surface area contributed by atoms with Gasteiger partial charge in [0.25, 0.3) is 0 Å². The molecule has 0 radical (unpaired) electrons. The van der Waals surface area contributed by atoms with Gasteiger partial charge in [-0.05, 0) is 78.7 Å². The van der Waals surface area contributed by atoms with Crippen LogP contribution in [0.3, 0.4) is 0 Å². The van der Waals surface area contributed by atoms with Crippen LogP contribution in [-0.4, -0.2) is 5.84 Å². The van der Waals surface area contributed by atoms with Crippen LogP contribution in [0, 0.1) is 0 Å². The summed E-state index contributed by atoms with van der Waals surface area (Å²) in [5.41, 5.74) is 11.6. The lowest BCUT2D eigenvalue weighted by Crippen LogP contribution is -2.31. The molecule has 1 unspecified atom stereocenters. The summed E-state index contributed by atoms with van der Waals surface area (Å²) >= 11 is 0. The van der Waals surface area contributed by atoms with Gasteiger partial charge in [0, 0.05) is 11.1 Å². The van der Waals surface area contributed by atoms with Gasteiger partial charge in [-0.25, -0.2) is 4.99 Å². The lowest BCUT2D eigenvalue weighted by molar-refractivity contribution is 0.781. The first kappa shape index (κ1) is 29.6. The molecule has 0 aromatic heterocycles. The number of aliphatic imine (C=N–C) groups is 1. The molecule has 0 amide bonds. The molecule has 0 saturated carbocycles. The van der Waals surface area contributed by atoms with Gasteiger partial charge in [0.15, 0.2) is 0 Å². The SMILES string of the molecule is C1=C(c2cccc(-c3ccc4c(-c5ccccc5)c5ccccc5c(-c5ccccc5)c4c3)c2)N=C(c2ccccc2)NC1c1ccccc1.